The van der Waals surface area contributed by atoms with Crippen LogP contribution in [0.4, 0.5) is 0 Å². The van der Waals surface area contributed by atoms with Crippen molar-refractivity contribution in [3.63, 3.8) is 0 Å². The molecule has 1 atom stereocenters. The molecular weight excluding hydrogens is 216 g/mol. The molecular formula is C13H26N2O2. The van der Waals surface area contributed by atoms with E-state index in [-0.39, 0.29) is 5.91 Å². The van der Waals surface area contributed by atoms with Gasteiger partial charge in [-0.25, -0.2) is 0 Å². The number of nitrogens with zero attached hydrogens (tertiary/aromatic N) is 1. The molecule has 1 unspecified atom stereocenters. The predicted octanol–water partition coefficient (Wildman–Crippen LogP) is 1.40. The minimum Gasteiger partial charge on any atom is -0.385 e. The second kappa shape index (κ2) is 8.48. The summed E-state index contributed by atoms with van der Waals surface area (Å²) in [7, 11) is 1.68. The van der Waals surface area contributed by atoms with E-state index >= 15 is 0 Å². The van der Waals surface area contributed by atoms with Crippen molar-refractivity contribution >= 4 is 5.91 Å². The highest BCUT2D eigenvalue weighted by Gasteiger charge is 2.22. The van der Waals surface area contributed by atoms with Crippen LogP contribution in [0.25, 0.3) is 0 Å². The summed E-state index contributed by atoms with van der Waals surface area (Å²) in [6, 6.07) is 0.495. The van der Waals surface area contributed by atoms with Crippen LogP contribution in [-0.4, -0.2) is 50.2 Å². The van der Waals surface area contributed by atoms with Gasteiger partial charge in [-0.2, -0.15) is 0 Å². The van der Waals surface area contributed by atoms with Gasteiger partial charge in [-0.05, 0) is 32.2 Å². The average Bonchev–Trinajstić information content (AvgIpc) is 2.37. The number of carbonyl (C=O) groups is 1. The van der Waals surface area contributed by atoms with Crippen molar-refractivity contribution in [1.82, 2.24) is 10.2 Å². The van der Waals surface area contributed by atoms with Gasteiger partial charge >= 0.3 is 0 Å². The van der Waals surface area contributed by atoms with Crippen LogP contribution < -0.4 is 5.32 Å². The summed E-state index contributed by atoms with van der Waals surface area (Å²) in [5.41, 5.74) is 0. The van der Waals surface area contributed by atoms with Gasteiger partial charge in [0, 0.05) is 39.3 Å². The smallest absolute Gasteiger partial charge is 0.222 e. The van der Waals surface area contributed by atoms with Crippen molar-refractivity contribution < 1.29 is 9.53 Å². The molecule has 1 rings (SSSR count). The lowest BCUT2D eigenvalue weighted by Gasteiger charge is -2.33. The number of hydrogen-bond donors (Lipinski definition) is 1. The summed E-state index contributed by atoms with van der Waals surface area (Å²) in [5.74, 6) is 0.282. The first kappa shape index (κ1) is 14.5. The van der Waals surface area contributed by atoms with Crippen LogP contribution in [0.15, 0.2) is 0 Å². The molecule has 1 fully saturated rings. The number of likely N-dealkylation sites (tertiary alicyclic amines) is 1. The van der Waals surface area contributed by atoms with Crippen molar-refractivity contribution in [1.29, 1.82) is 0 Å². The molecule has 1 aliphatic rings. The molecule has 0 aromatic carbocycles. The van der Waals surface area contributed by atoms with Crippen LogP contribution in [0.2, 0.25) is 0 Å². The van der Waals surface area contributed by atoms with E-state index in [0.29, 0.717) is 19.1 Å². The lowest BCUT2D eigenvalue weighted by atomic mass is 10.0. The van der Waals surface area contributed by atoms with Crippen molar-refractivity contribution in [2.45, 2.75) is 45.1 Å². The first-order valence-electron chi connectivity index (χ1n) is 6.78. The van der Waals surface area contributed by atoms with Crippen molar-refractivity contribution in [3.05, 3.63) is 0 Å². The standard InChI is InChI=1S/C13H26N2O2/c1-3-8-14-12-6-4-9-15(11-12)13(16)7-5-10-17-2/h12,14H,3-11H2,1-2H3. The molecule has 1 amide bonds. The average molecular weight is 242 g/mol. The lowest BCUT2D eigenvalue weighted by molar-refractivity contribution is -0.132. The Balaban J connectivity index is 2.25. The minimum atomic E-state index is 0.282. The third kappa shape index (κ3) is 5.50. The summed E-state index contributed by atoms with van der Waals surface area (Å²) in [6.45, 7) is 5.71. The second-order valence-corrected chi connectivity index (χ2v) is 4.73. The molecule has 1 N–H and O–H groups in total. The molecule has 0 aliphatic carbocycles. The number of amides is 1. The van der Waals surface area contributed by atoms with Gasteiger partial charge in [-0.1, -0.05) is 6.92 Å². The fourth-order valence-electron chi connectivity index (χ4n) is 2.24. The highest BCUT2D eigenvalue weighted by atomic mass is 16.5. The number of ether oxygens (including phenoxy) is 1. The summed E-state index contributed by atoms with van der Waals surface area (Å²) in [4.78, 5) is 13.9. The van der Waals surface area contributed by atoms with E-state index < -0.39 is 0 Å². The maximum Gasteiger partial charge on any atom is 0.222 e. The molecule has 0 aromatic rings. The third-order valence-electron chi connectivity index (χ3n) is 3.20. The topological polar surface area (TPSA) is 41.6 Å². The van der Waals surface area contributed by atoms with E-state index in [2.05, 4.69) is 12.2 Å². The van der Waals surface area contributed by atoms with E-state index in [0.717, 1.165) is 38.9 Å². The van der Waals surface area contributed by atoms with Gasteiger partial charge in [0.15, 0.2) is 0 Å². The zero-order valence-corrected chi connectivity index (χ0v) is 11.2. The normalized spacial score (nSPS) is 20.6. The van der Waals surface area contributed by atoms with Crippen molar-refractivity contribution in [2.75, 3.05) is 33.4 Å². The van der Waals surface area contributed by atoms with Gasteiger partial charge in [-0.15, -0.1) is 0 Å². The Morgan fingerprint density at radius 3 is 3.06 bits per heavy atom. The van der Waals surface area contributed by atoms with E-state index in [1.165, 1.54) is 6.42 Å². The largest absolute Gasteiger partial charge is 0.385 e. The predicted molar refractivity (Wildman–Crippen MR) is 69.0 cm³/mol. The molecule has 0 radical (unpaired) electrons. The zero-order valence-electron chi connectivity index (χ0n) is 11.2. The van der Waals surface area contributed by atoms with Crippen molar-refractivity contribution in [2.24, 2.45) is 0 Å². The lowest BCUT2D eigenvalue weighted by Crippen LogP contribution is -2.48. The number of carbonyl (C=O) groups excluding carboxylic acids is 1. The van der Waals surface area contributed by atoms with Gasteiger partial charge in [0.2, 0.25) is 5.91 Å². The fraction of sp³-hybridized carbons (Fsp3) is 0.923. The molecule has 100 valence electrons. The Bertz CT molecular complexity index is 221. The highest BCUT2D eigenvalue weighted by Crippen LogP contribution is 2.12. The van der Waals surface area contributed by atoms with E-state index in [4.69, 9.17) is 4.74 Å². The van der Waals surface area contributed by atoms with Gasteiger partial charge < -0.3 is 15.0 Å². The van der Waals surface area contributed by atoms with Gasteiger partial charge in [0.1, 0.15) is 0 Å². The number of methoxy groups -OCH3 is 1. The minimum absolute atomic E-state index is 0.282. The third-order valence-corrected chi connectivity index (χ3v) is 3.20. The van der Waals surface area contributed by atoms with Crippen LogP contribution >= 0.6 is 0 Å². The molecule has 0 saturated carbocycles. The van der Waals surface area contributed by atoms with Crippen molar-refractivity contribution in [3.8, 4) is 0 Å². The summed E-state index contributed by atoms with van der Waals surface area (Å²) in [5, 5.41) is 3.50. The van der Waals surface area contributed by atoms with E-state index in [9.17, 15) is 4.79 Å². The SMILES string of the molecule is CCCNC1CCCN(C(=O)CCCOC)C1. The summed E-state index contributed by atoms with van der Waals surface area (Å²) in [6.07, 6.45) is 4.92. The maximum atomic E-state index is 11.9. The van der Waals surface area contributed by atoms with Gasteiger partial charge in [0.25, 0.3) is 0 Å². The number of nitrogens with one attached hydrogen (secondary N) is 1. The molecule has 4 heteroatoms. The molecule has 1 aliphatic heterocycles. The van der Waals surface area contributed by atoms with Gasteiger partial charge in [0.05, 0.1) is 0 Å². The Labute approximate surface area is 105 Å². The van der Waals surface area contributed by atoms with Crippen LogP contribution in [0.5, 0.6) is 0 Å². The maximum absolute atomic E-state index is 11.9. The Kier molecular flexibility index (Phi) is 7.21. The molecule has 0 spiro atoms. The van der Waals surface area contributed by atoms with Gasteiger partial charge in [-0.3, -0.25) is 4.79 Å². The summed E-state index contributed by atoms with van der Waals surface area (Å²) < 4.78 is 4.97. The number of piperidine rings is 1. The van der Waals surface area contributed by atoms with E-state index in [1.54, 1.807) is 7.11 Å². The van der Waals surface area contributed by atoms with Crippen LogP contribution in [0.1, 0.15) is 39.0 Å². The Morgan fingerprint density at radius 2 is 2.35 bits per heavy atom. The Morgan fingerprint density at radius 1 is 1.53 bits per heavy atom. The molecule has 1 saturated heterocycles. The van der Waals surface area contributed by atoms with Crippen LogP contribution in [-0.2, 0) is 9.53 Å². The number of rotatable bonds is 7. The quantitative estimate of drug-likeness (QED) is 0.686. The van der Waals surface area contributed by atoms with Crippen LogP contribution in [0.3, 0.4) is 0 Å². The zero-order chi connectivity index (χ0) is 12.5. The Hall–Kier alpha value is -0.610. The monoisotopic (exact) mass is 242 g/mol. The molecule has 17 heavy (non-hydrogen) atoms. The number of hydrogen-bond acceptors (Lipinski definition) is 3. The first-order chi connectivity index (χ1) is 8.27. The molecule has 4 nitrogen and oxygen atoms in total. The highest BCUT2D eigenvalue weighted by molar-refractivity contribution is 5.76. The first-order valence-corrected chi connectivity index (χ1v) is 6.78. The molecule has 0 bridgehead atoms. The van der Waals surface area contributed by atoms with Crippen LogP contribution in [0, 0.1) is 0 Å². The second-order valence-electron chi connectivity index (χ2n) is 4.73. The molecule has 0 aromatic heterocycles. The molecule has 1 heterocycles. The fourth-order valence-corrected chi connectivity index (χ4v) is 2.24. The summed E-state index contributed by atoms with van der Waals surface area (Å²) >= 11 is 0. The van der Waals surface area contributed by atoms with E-state index in [1.807, 2.05) is 4.90 Å².